The van der Waals surface area contributed by atoms with Gasteiger partial charge in [0, 0.05) is 36.8 Å². The van der Waals surface area contributed by atoms with Crippen LogP contribution in [-0.2, 0) is 49.6 Å². The monoisotopic (exact) mass is 680 g/mol. The minimum absolute atomic E-state index is 0.193. The highest BCUT2D eigenvalue weighted by Crippen LogP contribution is 2.41. The van der Waals surface area contributed by atoms with Gasteiger partial charge < -0.3 is 29.4 Å². The van der Waals surface area contributed by atoms with Crippen molar-refractivity contribution in [1.82, 2.24) is 0 Å². The van der Waals surface area contributed by atoms with Crippen molar-refractivity contribution < 1.29 is 29.4 Å². The third-order valence-electron chi connectivity index (χ3n) is 9.76. The van der Waals surface area contributed by atoms with Crippen molar-refractivity contribution in [2.75, 3.05) is 42.3 Å². The summed E-state index contributed by atoms with van der Waals surface area (Å²) in [7, 11) is 12.9. The zero-order valence-electron chi connectivity index (χ0n) is 32.5. The molecule has 0 unspecified atom stereocenters. The average Bonchev–Trinajstić information content (AvgIpc) is 2.94. The number of fused-ring (bicyclic) bond motifs is 8. The molecule has 4 aromatic carbocycles. The number of hydrogen-bond acceptors (Lipinski definition) is 4. The Morgan fingerprint density at radius 3 is 0.780 bits per heavy atom. The molecule has 0 amide bonds. The first-order chi connectivity index (χ1) is 22.9. The second-order valence-corrected chi connectivity index (χ2v) is 18.9. The average molecular weight is 681 g/mol. The van der Waals surface area contributed by atoms with Gasteiger partial charge in [-0.1, -0.05) is 65.8 Å². The third kappa shape index (κ3) is 8.47. The van der Waals surface area contributed by atoms with E-state index in [1.807, 2.05) is 0 Å². The molecule has 1 aliphatic carbocycles. The largest absolute Gasteiger partial charge is 0.507 e. The number of phenols is 4. The van der Waals surface area contributed by atoms with Gasteiger partial charge in [-0.3, -0.25) is 0 Å². The molecule has 0 saturated heterocycles. The van der Waals surface area contributed by atoms with Crippen molar-refractivity contribution in [3.05, 3.63) is 115 Å². The summed E-state index contributed by atoms with van der Waals surface area (Å²) in [6, 6.07) is 16.5. The fraction of sp³-hybridized carbons (Fsp3) is 0.455. The number of rotatable bonds is 4. The van der Waals surface area contributed by atoms with E-state index in [0.29, 0.717) is 34.6 Å². The molecule has 0 heterocycles. The number of phenolic OH excluding ortho intramolecular Hbond substituents is 4. The summed E-state index contributed by atoms with van der Waals surface area (Å²) in [5.41, 5.74) is 9.89. The van der Waals surface area contributed by atoms with Crippen LogP contribution in [0.5, 0.6) is 23.0 Å². The van der Waals surface area contributed by atoms with Gasteiger partial charge in [-0.05, 0) is 90.7 Å². The number of quaternary nitrogens is 2. The SMILES string of the molecule is CC(C)(C)c1cc2c(O)c(c1)Cc1cc(C[N+](C)(C)C)cc(c1O)Cc1cc(C(C)(C)C)cc(c1O)Cc1cc(C[N+](C)(C)C)cc(c1O)C2. The van der Waals surface area contributed by atoms with E-state index in [2.05, 4.69) is 132 Å². The van der Waals surface area contributed by atoms with Crippen LogP contribution in [-0.4, -0.2) is 71.7 Å². The molecule has 0 fully saturated rings. The van der Waals surface area contributed by atoms with Crippen LogP contribution in [0.1, 0.15) is 108 Å². The van der Waals surface area contributed by atoms with Crippen LogP contribution in [0.3, 0.4) is 0 Å². The fourth-order valence-electron chi connectivity index (χ4n) is 7.23. The molecule has 268 valence electrons. The topological polar surface area (TPSA) is 80.9 Å². The van der Waals surface area contributed by atoms with E-state index in [9.17, 15) is 20.4 Å². The van der Waals surface area contributed by atoms with Crippen molar-refractivity contribution in [2.45, 2.75) is 91.1 Å². The van der Waals surface area contributed by atoms with E-state index < -0.39 is 0 Å². The minimum Gasteiger partial charge on any atom is -0.507 e. The lowest BCUT2D eigenvalue weighted by atomic mass is 9.81. The van der Waals surface area contributed by atoms with Crippen LogP contribution in [0, 0.1) is 0 Å². The second kappa shape index (κ2) is 13.0. The molecule has 1 aliphatic rings. The highest BCUT2D eigenvalue weighted by Gasteiger charge is 2.26. The molecule has 5 rings (SSSR count). The fourth-order valence-corrected chi connectivity index (χ4v) is 7.23. The Balaban J connectivity index is 1.86. The Bertz CT molecular complexity index is 1690. The first-order valence-electron chi connectivity index (χ1n) is 17.9. The lowest BCUT2D eigenvalue weighted by Crippen LogP contribution is -2.33. The van der Waals surface area contributed by atoms with E-state index >= 15 is 0 Å². The summed E-state index contributed by atoms with van der Waals surface area (Å²) in [6.45, 7) is 14.5. The normalized spacial score (nSPS) is 14.2. The summed E-state index contributed by atoms with van der Waals surface area (Å²) in [5, 5.41) is 47.8. The highest BCUT2D eigenvalue weighted by molar-refractivity contribution is 5.58. The predicted octanol–water partition coefficient (Wildman–Crippen LogP) is 8.19. The summed E-state index contributed by atoms with van der Waals surface area (Å²) in [6.07, 6.45) is 1.35. The number of nitrogens with zero attached hydrogens (tertiary/aromatic N) is 2. The molecule has 50 heavy (non-hydrogen) atoms. The Hall–Kier alpha value is -4.00. The van der Waals surface area contributed by atoms with E-state index in [4.69, 9.17) is 0 Å². The van der Waals surface area contributed by atoms with E-state index in [-0.39, 0.29) is 33.8 Å². The summed E-state index contributed by atoms with van der Waals surface area (Å²) < 4.78 is 1.43. The first kappa shape index (κ1) is 37.3. The quantitative estimate of drug-likeness (QED) is 0.144. The van der Waals surface area contributed by atoms with Crippen molar-refractivity contribution in [2.24, 2.45) is 0 Å². The molecule has 0 radical (unpaired) electrons. The summed E-state index contributed by atoms with van der Waals surface area (Å²) in [4.78, 5) is 0. The first-order valence-corrected chi connectivity index (χ1v) is 17.9. The zero-order valence-corrected chi connectivity index (χ0v) is 32.5. The van der Waals surface area contributed by atoms with Gasteiger partial charge in [0.2, 0.25) is 0 Å². The van der Waals surface area contributed by atoms with Crippen LogP contribution < -0.4 is 0 Å². The summed E-state index contributed by atoms with van der Waals surface area (Å²) >= 11 is 0. The highest BCUT2D eigenvalue weighted by atomic mass is 16.3. The van der Waals surface area contributed by atoms with Gasteiger partial charge in [-0.15, -0.1) is 0 Å². The van der Waals surface area contributed by atoms with E-state index in [1.165, 1.54) is 0 Å². The number of benzene rings is 4. The minimum atomic E-state index is -0.194. The van der Waals surface area contributed by atoms with Gasteiger partial charge >= 0.3 is 0 Å². The molecule has 0 spiro atoms. The van der Waals surface area contributed by atoms with Crippen LogP contribution in [0.25, 0.3) is 0 Å². The van der Waals surface area contributed by atoms with Gasteiger partial charge in [0.15, 0.2) is 0 Å². The molecule has 4 N–H and O–H groups in total. The van der Waals surface area contributed by atoms with Crippen molar-refractivity contribution >= 4 is 0 Å². The van der Waals surface area contributed by atoms with Crippen molar-refractivity contribution in [3.8, 4) is 23.0 Å². The molecule has 6 heteroatoms. The Labute approximate surface area is 300 Å². The Kier molecular flexibility index (Phi) is 9.66. The summed E-state index contributed by atoms with van der Waals surface area (Å²) in [5.74, 6) is 0.774. The van der Waals surface area contributed by atoms with Gasteiger partial charge in [0.05, 0.1) is 42.3 Å². The second-order valence-electron chi connectivity index (χ2n) is 18.9. The maximum atomic E-state index is 11.9. The van der Waals surface area contributed by atoms with Crippen molar-refractivity contribution in [3.63, 3.8) is 0 Å². The molecule has 0 atom stereocenters. The van der Waals surface area contributed by atoms with Gasteiger partial charge in [-0.25, -0.2) is 0 Å². The smallest absolute Gasteiger partial charge is 0.122 e. The molecule has 0 aromatic heterocycles. The van der Waals surface area contributed by atoms with Crippen LogP contribution in [0.15, 0.2) is 48.5 Å². The molecular weight excluding hydrogens is 620 g/mol. The molecule has 8 bridgehead atoms. The van der Waals surface area contributed by atoms with Crippen LogP contribution in [0.2, 0.25) is 0 Å². The predicted molar refractivity (Wildman–Crippen MR) is 205 cm³/mol. The number of aromatic hydroxyl groups is 4. The molecule has 0 saturated carbocycles. The lowest BCUT2D eigenvalue weighted by Gasteiger charge is -2.27. The standard InChI is InChI=1S/C44H58N2O4/c1-43(2,3)37-21-33-17-29-13-27(25-45(7,8)9)15-31(39(29)47)19-35-23-38(44(4,5)6)24-36(42(35)50)20-32-16-28(26-46(10,11)12)14-30(40(32)48)18-34(22-37)41(33)49/h13-16,21-24H,17-20,25-26H2,1-12H3,(H2-2,47,48,49,50)/p+2. The van der Waals surface area contributed by atoms with Crippen LogP contribution >= 0.6 is 0 Å². The molecule has 4 aromatic rings. The maximum Gasteiger partial charge on any atom is 0.122 e. The molecular formula is C44H60N2O4+2. The third-order valence-corrected chi connectivity index (χ3v) is 9.76. The Morgan fingerprint density at radius 2 is 0.600 bits per heavy atom. The lowest BCUT2D eigenvalue weighted by molar-refractivity contribution is -0.884. The van der Waals surface area contributed by atoms with E-state index in [1.54, 1.807) is 0 Å². The Morgan fingerprint density at radius 1 is 0.400 bits per heavy atom. The van der Waals surface area contributed by atoms with Gasteiger partial charge in [0.1, 0.15) is 36.1 Å². The molecule has 0 aliphatic heterocycles. The zero-order chi connectivity index (χ0) is 37.1. The van der Waals surface area contributed by atoms with E-state index in [0.717, 1.165) is 79.9 Å². The van der Waals surface area contributed by atoms with Crippen LogP contribution in [0.4, 0.5) is 0 Å². The van der Waals surface area contributed by atoms with Gasteiger partial charge in [-0.2, -0.15) is 0 Å². The van der Waals surface area contributed by atoms with Gasteiger partial charge in [0.25, 0.3) is 0 Å². The number of hydrogen-bond donors (Lipinski definition) is 4. The van der Waals surface area contributed by atoms with Crippen molar-refractivity contribution in [1.29, 1.82) is 0 Å². The molecule has 6 nitrogen and oxygen atoms in total. The maximum absolute atomic E-state index is 11.9.